The fourth-order valence-corrected chi connectivity index (χ4v) is 7.04. The van der Waals surface area contributed by atoms with E-state index in [-0.39, 0.29) is 31.1 Å². The van der Waals surface area contributed by atoms with E-state index in [0.29, 0.717) is 19.3 Å². The van der Waals surface area contributed by atoms with Gasteiger partial charge in [-0.3, -0.25) is 14.4 Å². The number of unbranched alkanes of at least 4 members (excludes halogenated alkanes) is 25. The Bertz CT molecular complexity index is 828. The van der Waals surface area contributed by atoms with Crippen molar-refractivity contribution >= 4 is 17.9 Å². The van der Waals surface area contributed by atoms with Crippen LogP contribution in [0.3, 0.4) is 0 Å². The molecule has 0 aliphatic carbocycles. The lowest BCUT2D eigenvalue weighted by Gasteiger charge is -2.18. The van der Waals surface area contributed by atoms with Crippen molar-refractivity contribution in [1.29, 1.82) is 0 Å². The summed E-state index contributed by atoms with van der Waals surface area (Å²) in [4.78, 5) is 37.8. The van der Waals surface area contributed by atoms with E-state index in [9.17, 15) is 14.4 Å². The number of hydrogen-bond acceptors (Lipinski definition) is 6. The molecular weight excluding hydrogens is 673 g/mol. The van der Waals surface area contributed by atoms with Gasteiger partial charge in [-0.05, 0) is 31.1 Å². The van der Waals surface area contributed by atoms with E-state index in [4.69, 9.17) is 14.2 Å². The maximum Gasteiger partial charge on any atom is 0.306 e. The van der Waals surface area contributed by atoms with E-state index in [1.165, 1.54) is 148 Å². The summed E-state index contributed by atoms with van der Waals surface area (Å²) < 4.78 is 16.7. The van der Waals surface area contributed by atoms with Crippen LogP contribution in [-0.4, -0.2) is 37.2 Å². The van der Waals surface area contributed by atoms with Crippen LogP contribution in [0, 0.1) is 11.8 Å². The van der Waals surface area contributed by atoms with Crippen LogP contribution in [0.15, 0.2) is 0 Å². The van der Waals surface area contributed by atoms with Crippen LogP contribution < -0.4 is 0 Å². The van der Waals surface area contributed by atoms with Crippen LogP contribution in [0.4, 0.5) is 0 Å². The summed E-state index contributed by atoms with van der Waals surface area (Å²) in [6.07, 6.45) is 39.3. The summed E-state index contributed by atoms with van der Waals surface area (Å²) in [5, 5.41) is 0. The van der Waals surface area contributed by atoms with E-state index >= 15 is 0 Å². The predicted octanol–water partition coefficient (Wildman–Crippen LogP) is 15.0. The molecule has 0 aromatic carbocycles. The van der Waals surface area contributed by atoms with Crippen molar-refractivity contribution in [1.82, 2.24) is 0 Å². The third-order valence-electron chi connectivity index (χ3n) is 11.4. The van der Waals surface area contributed by atoms with Crippen molar-refractivity contribution in [2.45, 2.75) is 265 Å². The van der Waals surface area contributed by atoms with Gasteiger partial charge in [0.25, 0.3) is 0 Å². The van der Waals surface area contributed by atoms with E-state index in [1.807, 2.05) is 0 Å². The molecule has 320 valence electrons. The molecule has 0 spiro atoms. The minimum Gasteiger partial charge on any atom is -0.462 e. The summed E-state index contributed by atoms with van der Waals surface area (Å²) >= 11 is 0. The summed E-state index contributed by atoms with van der Waals surface area (Å²) in [7, 11) is 0. The zero-order chi connectivity index (χ0) is 39.7. The lowest BCUT2D eigenvalue weighted by molar-refractivity contribution is -0.167. The highest BCUT2D eigenvalue weighted by Crippen LogP contribution is 2.17. The SMILES string of the molecule is CCCCCCCCCCCCCCC(=O)O[C@H](COC(=O)CCCCCCCCCCCCC(C)CC)COC(=O)CCCCCCCCC(C)CC. The zero-order valence-electron chi connectivity index (χ0n) is 36.8. The third-order valence-corrected chi connectivity index (χ3v) is 11.4. The van der Waals surface area contributed by atoms with Crippen LogP contribution in [0.25, 0.3) is 0 Å². The normalized spacial score (nSPS) is 13.1. The third kappa shape index (κ3) is 38.7. The molecule has 0 saturated carbocycles. The highest BCUT2D eigenvalue weighted by Gasteiger charge is 2.19. The molecule has 2 unspecified atom stereocenters. The first kappa shape index (κ1) is 52.4. The molecule has 54 heavy (non-hydrogen) atoms. The second-order valence-electron chi connectivity index (χ2n) is 16.9. The molecule has 0 aliphatic rings. The molecule has 0 rings (SSSR count). The molecule has 0 aromatic rings. The van der Waals surface area contributed by atoms with Crippen LogP contribution in [0.5, 0.6) is 0 Å². The molecule has 0 aromatic heterocycles. The molecule has 0 bridgehead atoms. The highest BCUT2D eigenvalue weighted by molar-refractivity contribution is 5.71. The van der Waals surface area contributed by atoms with Gasteiger partial charge in [0.15, 0.2) is 6.10 Å². The van der Waals surface area contributed by atoms with Gasteiger partial charge in [0.05, 0.1) is 0 Å². The number of esters is 3. The lowest BCUT2D eigenvalue weighted by Crippen LogP contribution is -2.30. The van der Waals surface area contributed by atoms with Crippen molar-refractivity contribution in [3.05, 3.63) is 0 Å². The second kappa shape index (κ2) is 41.1. The average Bonchev–Trinajstić information content (AvgIpc) is 3.17. The fraction of sp³-hybridized carbons (Fsp3) is 0.938. The molecule has 0 radical (unpaired) electrons. The Morgan fingerprint density at radius 2 is 0.648 bits per heavy atom. The Morgan fingerprint density at radius 3 is 0.963 bits per heavy atom. The van der Waals surface area contributed by atoms with Gasteiger partial charge in [0.1, 0.15) is 13.2 Å². The summed E-state index contributed by atoms with van der Waals surface area (Å²) in [5.74, 6) is 0.827. The van der Waals surface area contributed by atoms with Gasteiger partial charge in [0, 0.05) is 19.3 Å². The van der Waals surface area contributed by atoms with E-state index in [2.05, 4.69) is 34.6 Å². The molecule has 3 atom stereocenters. The summed E-state index contributed by atoms with van der Waals surface area (Å²) in [6, 6.07) is 0. The average molecular weight is 765 g/mol. The highest BCUT2D eigenvalue weighted by atomic mass is 16.6. The fourth-order valence-electron chi connectivity index (χ4n) is 7.04. The Kier molecular flexibility index (Phi) is 39.8. The Hall–Kier alpha value is -1.59. The van der Waals surface area contributed by atoms with Crippen LogP contribution >= 0.6 is 0 Å². The van der Waals surface area contributed by atoms with Gasteiger partial charge < -0.3 is 14.2 Å². The van der Waals surface area contributed by atoms with Crippen molar-refractivity contribution in [3.63, 3.8) is 0 Å². The van der Waals surface area contributed by atoms with Crippen LogP contribution in [0.2, 0.25) is 0 Å². The molecule has 0 saturated heterocycles. The first-order valence-electron chi connectivity index (χ1n) is 23.8. The summed E-state index contributed by atoms with van der Waals surface area (Å²) in [5.41, 5.74) is 0. The molecular formula is C48H92O6. The van der Waals surface area contributed by atoms with Crippen LogP contribution in [0.1, 0.15) is 259 Å². The Labute approximate surface area is 336 Å². The number of ether oxygens (including phenoxy) is 3. The molecule has 0 fully saturated rings. The van der Waals surface area contributed by atoms with E-state index in [1.54, 1.807) is 0 Å². The first-order chi connectivity index (χ1) is 26.3. The van der Waals surface area contributed by atoms with Crippen molar-refractivity contribution in [2.24, 2.45) is 11.8 Å². The van der Waals surface area contributed by atoms with Gasteiger partial charge >= 0.3 is 17.9 Å². The topological polar surface area (TPSA) is 78.9 Å². The van der Waals surface area contributed by atoms with Gasteiger partial charge in [-0.25, -0.2) is 0 Å². The summed E-state index contributed by atoms with van der Waals surface area (Å²) in [6.45, 7) is 11.3. The van der Waals surface area contributed by atoms with Gasteiger partial charge in [-0.15, -0.1) is 0 Å². The number of carbonyl (C=O) groups excluding carboxylic acids is 3. The Morgan fingerprint density at radius 1 is 0.370 bits per heavy atom. The van der Waals surface area contributed by atoms with Crippen molar-refractivity contribution < 1.29 is 28.6 Å². The predicted molar refractivity (Wildman–Crippen MR) is 229 cm³/mol. The van der Waals surface area contributed by atoms with E-state index < -0.39 is 6.10 Å². The molecule has 0 aliphatic heterocycles. The maximum absolute atomic E-state index is 12.7. The quantitative estimate of drug-likeness (QED) is 0.0350. The lowest BCUT2D eigenvalue weighted by atomic mass is 9.99. The molecule has 0 N–H and O–H groups in total. The maximum atomic E-state index is 12.7. The first-order valence-corrected chi connectivity index (χ1v) is 23.8. The van der Waals surface area contributed by atoms with Crippen molar-refractivity contribution in [3.8, 4) is 0 Å². The Balaban J connectivity index is 4.34. The molecule has 6 heteroatoms. The standard InChI is InChI=1S/C48H92O6/c1-6-9-10-11-12-13-14-15-20-23-30-35-40-48(51)54-45(42-53-47(50)39-34-29-25-24-27-32-37-44(5)8-3)41-52-46(49)38-33-28-22-19-17-16-18-21-26-31-36-43(4)7-2/h43-45H,6-42H2,1-5H3/t43?,44?,45-/m1/s1. The second-order valence-corrected chi connectivity index (χ2v) is 16.9. The smallest absolute Gasteiger partial charge is 0.306 e. The van der Waals surface area contributed by atoms with Gasteiger partial charge in [-0.1, -0.05) is 221 Å². The van der Waals surface area contributed by atoms with Crippen LogP contribution in [-0.2, 0) is 28.6 Å². The zero-order valence-corrected chi connectivity index (χ0v) is 36.8. The minimum absolute atomic E-state index is 0.0652. The van der Waals surface area contributed by atoms with Crippen molar-refractivity contribution in [2.75, 3.05) is 13.2 Å². The molecule has 0 heterocycles. The van der Waals surface area contributed by atoms with Gasteiger partial charge in [0.2, 0.25) is 0 Å². The molecule has 6 nitrogen and oxygen atoms in total. The molecule has 0 amide bonds. The van der Waals surface area contributed by atoms with Gasteiger partial charge in [-0.2, -0.15) is 0 Å². The number of rotatable bonds is 42. The number of carbonyl (C=O) groups is 3. The largest absolute Gasteiger partial charge is 0.462 e. The minimum atomic E-state index is -0.761. The number of hydrogen-bond donors (Lipinski definition) is 0. The van der Waals surface area contributed by atoms with E-state index in [0.717, 1.165) is 69.6 Å². The monoisotopic (exact) mass is 765 g/mol.